The first-order valence-electron chi connectivity index (χ1n) is 11.6. The number of nitro groups is 1. The second-order valence-corrected chi connectivity index (χ2v) is 10.9. The largest absolute Gasteiger partial charge is 0.378 e. The van der Waals surface area contributed by atoms with Crippen LogP contribution in [0.4, 0.5) is 15.8 Å². The number of nitrogens with one attached hydrogen (secondary N) is 1. The molecule has 4 aromatic rings. The van der Waals surface area contributed by atoms with Crippen molar-refractivity contribution in [1.82, 2.24) is 0 Å². The van der Waals surface area contributed by atoms with E-state index in [1.54, 1.807) is 18.2 Å². The van der Waals surface area contributed by atoms with Gasteiger partial charge >= 0.3 is 0 Å². The molecule has 0 spiro atoms. The van der Waals surface area contributed by atoms with Gasteiger partial charge in [0.05, 0.1) is 21.2 Å². The van der Waals surface area contributed by atoms with Crippen molar-refractivity contribution in [2.45, 2.75) is 33.9 Å². The molecule has 1 saturated carbocycles. The number of anilines is 1. The first-order valence-corrected chi connectivity index (χ1v) is 12.9. The highest BCUT2D eigenvalue weighted by atomic mass is 35.5. The minimum atomic E-state index is -0.347. The lowest BCUT2D eigenvalue weighted by Crippen LogP contribution is -2.31. The first-order chi connectivity index (χ1) is 17.0. The molecule has 5 atom stereocenters. The third-order valence-electron chi connectivity index (χ3n) is 7.29. The summed E-state index contributed by atoms with van der Waals surface area (Å²) in [6, 6.07) is 25.8. The fourth-order valence-corrected chi connectivity index (χ4v) is 7.74. The molecule has 2 aliphatic rings. The lowest BCUT2D eigenvalue weighted by molar-refractivity contribution is -0.387. The van der Waals surface area contributed by atoms with Crippen LogP contribution in [0, 0.1) is 21.8 Å². The standard InChI is InChI=1S/C28H22ClFN2O2S/c29-27-24(35-23-12-6-5-11-22(23)32(33)34)15-19-26(27)25-17-8-2-1-7-16(17)13-14-21(25)31-28(19)18-9-3-4-10-20(18)30/h1-14,19,24,26-28,31H,15H2/t19-,24+,26+,27-,28-/m0/s1. The Kier molecular flexibility index (Phi) is 5.66. The van der Waals surface area contributed by atoms with Crippen LogP contribution >= 0.6 is 23.4 Å². The van der Waals surface area contributed by atoms with Crippen LogP contribution in [-0.2, 0) is 0 Å². The first kappa shape index (κ1) is 22.4. The molecule has 4 nitrogen and oxygen atoms in total. The van der Waals surface area contributed by atoms with Gasteiger partial charge in [0.2, 0.25) is 0 Å². The summed E-state index contributed by atoms with van der Waals surface area (Å²) in [5, 5.41) is 17.2. The number of rotatable bonds is 4. The van der Waals surface area contributed by atoms with Gasteiger partial charge in [-0.05, 0) is 46.9 Å². The summed E-state index contributed by atoms with van der Waals surface area (Å²) < 4.78 is 15.0. The van der Waals surface area contributed by atoms with Crippen LogP contribution in [-0.4, -0.2) is 15.6 Å². The Morgan fingerprint density at radius 2 is 1.71 bits per heavy atom. The van der Waals surface area contributed by atoms with Gasteiger partial charge in [0.15, 0.2) is 0 Å². The Labute approximate surface area is 211 Å². The maximum absolute atomic E-state index is 15.0. The third-order valence-corrected chi connectivity index (χ3v) is 9.40. The maximum Gasteiger partial charge on any atom is 0.282 e. The average Bonchev–Trinajstić information content (AvgIpc) is 3.19. The monoisotopic (exact) mass is 504 g/mol. The summed E-state index contributed by atoms with van der Waals surface area (Å²) >= 11 is 8.71. The Morgan fingerprint density at radius 1 is 0.971 bits per heavy atom. The summed E-state index contributed by atoms with van der Waals surface area (Å²) in [6.45, 7) is 0. The smallest absolute Gasteiger partial charge is 0.282 e. The molecular formula is C28H22ClFN2O2S. The Hall–Kier alpha value is -3.09. The minimum absolute atomic E-state index is 0.0242. The van der Waals surface area contributed by atoms with E-state index >= 15 is 0 Å². The van der Waals surface area contributed by atoms with Gasteiger partial charge in [-0.2, -0.15) is 0 Å². The molecule has 1 aliphatic carbocycles. The summed E-state index contributed by atoms with van der Waals surface area (Å²) in [4.78, 5) is 11.9. The normalized spacial score (nSPS) is 25.0. The molecule has 0 aromatic heterocycles. The Balaban J connectivity index is 1.47. The fraction of sp³-hybridized carbons (Fsp3) is 0.214. The van der Waals surface area contributed by atoms with Gasteiger partial charge in [-0.15, -0.1) is 23.4 Å². The van der Waals surface area contributed by atoms with Crippen molar-refractivity contribution in [3.63, 3.8) is 0 Å². The zero-order chi connectivity index (χ0) is 24.1. The van der Waals surface area contributed by atoms with Crippen molar-refractivity contribution in [1.29, 1.82) is 0 Å². The molecule has 0 unspecified atom stereocenters. The van der Waals surface area contributed by atoms with Crippen LogP contribution in [0.15, 0.2) is 89.8 Å². The van der Waals surface area contributed by atoms with E-state index in [0.29, 0.717) is 16.9 Å². The highest BCUT2D eigenvalue weighted by Gasteiger charge is 2.51. The Bertz CT molecular complexity index is 1450. The third kappa shape index (κ3) is 3.76. The van der Waals surface area contributed by atoms with Crippen LogP contribution in [0.1, 0.15) is 29.5 Å². The Morgan fingerprint density at radius 3 is 2.54 bits per heavy atom. The molecule has 1 fully saturated rings. The molecule has 0 radical (unpaired) electrons. The number of halogens is 2. The number of thioether (sulfide) groups is 1. The molecule has 1 heterocycles. The van der Waals surface area contributed by atoms with Crippen LogP contribution in [0.25, 0.3) is 10.8 Å². The predicted octanol–water partition coefficient (Wildman–Crippen LogP) is 7.93. The molecule has 0 bridgehead atoms. The summed E-state index contributed by atoms with van der Waals surface area (Å²) in [5.41, 5.74) is 2.85. The molecule has 1 aliphatic heterocycles. The zero-order valence-electron chi connectivity index (χ0n) is 18.6. The minimum Gasteiger partial charge on any atom is -0.378 e. The van der Waals surface area contributed by atoms with Crippen LogP contribution in [0.3, 0.4) is 0 Å². The number of nitrogens with zero attached hydrogens (tertiary/aromatic N) is 1. The fourth-order valence-electron chi connectivity index (χ4n) is 5.80. The molecule has 4 aromatic carbocycles. The zero-order valence-corrected chi connectivity index (χ0v) is 20.2. The van der Waals surface area contributed by atoms with Crippen LogP contribution < -0.4 is 5.32 Å². The van der Waals surface area contributed by atoms with E-state index in [9.17, 15) is 14.5 Å². The maximum atomic E-state index is 15.0. The van der Waals surface area contributed by atoms with Gasteiger partial charge in [0.1, 0.15) is 5.82 Å². The van der Waals surface area contributed by atoms with E-state index in [1.807, 2.05) is 30.3 Å². The quantitative estimate of drug-likeness (QED) is 0.174. The van der Waals surface area contributed by atoms with E-state index in [0.717, 1.165) is 22.0 Å². The van der Waals surface area contributed by atoms with Crippen molar-refractivity contribution in [2.75, 3.05) is 5.32 Å². The molecule has 35 heavy (non-hydrogen) atoms. The number of benzene rings is 4. The molecule has 6 rings (SSSR count). The highest BCUT2D eigenvalue weighted by molar-refractivity contribution is 8.00. The van der Waals surface area contributed by atoms with Crippen molar-refractivity contribution < 1.29 is 9.31 Å². The van der Waals surface area contributed by atoms with Crippen molar-refractivity contribution >= 4 is 45.5 Å². The molecule has 1 N–H and O–H groups in total. The van der Waals surface area contributed by atoms with Crippen LogP contribution in [0.2, 0.25) is 0 Å². The van der Waals surface area contributed by atoms with Gasteiger partial charge in [-0.3, -0.25) is 10.1 Å². The lowest BCUT2D eigenvalue weighted by atomic mass is 9.75. The number of nitro benzene ring substituents is 1. The molecular weight excluding hydrogens is 483 g/mol. The summed E-state index contributed by atoms with van der Waals surface area (Å²) in [7, 11) is 0. The summed E-state index contributed by atoms with van der Waals surface area (Å²) in [6.07, 6.45) is 0.713. The molecule has 176 valence electrons. The molecule has 0 amide bonds. The van der Waals surface area contributed by atoms with E-state index in [2.05, 4.69) is 29.6 Å². The predicted molar refractivity (Wildman–Crippen MR) is 140 cm³/mol. The van der Waals surface area contributed by atoms with Gasteiger partial charge in [0, 0.05) is 28.5 Å². The van der Waals surface area contributed by atoms with Crippen molar-refractivity contribution in [2.24, 2.45) is 5.92 Å². The number of hydrogen-bond donors (Lipinski definition) is 1. The second-order valence-electron chi connectivity index (χ2n) is 9.14. The number of para-hydroxylation sites is 1. The average molecular weight is 505 g/mol. The highest BCUT2D eigenvalue weighted by Crippen LogP contribution is 2.59. The number of fused-ring (bicyclic) bond motifs is 5. The van der Waals surface area contributed by atoms with Gasteiger partial charge in [-0.25, -0.2) is 4.39 Å². The molecule has 7 heteroatoms. The van der Waals surface area contributed by atoms with E-state index in [4.69, 9.17) is 11.6 Å². The van der Waals surface area contributed by atoms with E-state index in [-0.39, 0.29) is 44.9 Å². The SMILES string of the molecule is O=[N+]([O-])c1ccccc1S[C@@H]1C[C@H]2[C@H](c3c(ccc4ccccc34)N[C@H]2c2ccccc2F)[C@H]1Cl. The summed E-state index contributed by atoms with van der Waals surface area (Å²) in [5.74, 6) is -0.231. The van der Waals surface area contributed by atoms with Gasteiger partial charge in [0.25, 0.3) is 5.69 Å². The second kappa shape index (κ2) is 8.85. The number of hydrogen-bond acceptors (Lipinski definition) is 4. The lowest BCUT2D eigenvalue weighted by Gasteiger charge is -2.39. The number of alkyl halides is 1. The van der Waals surface area contributed by atoms with Crippen LogP contribution in [0.5, 0.6) is 0 Å². The van der Waals surface area contributed by atoms with E-state index in [1.165, 1.54) is 23.9 Å². The van der Waals surface area contributed by atoms with Crippen molar-refractivity contribution in [3.05, 3.63) is 112 Å². The van der Waals surface area contributed by atoms with Crippen molar-refractivity contribution in [3.8, 4) is 0 Å². The van der Waals surface area contributed by atoms with Gasteiger partial charge in [-0.1, -0.05) is 60.7 Å². The topological polar surface area (TPSA) is 55.2 Å². The van der Waals surface area contributed by atoms with Gasteiger partial charge < -0.3 is 5.32 Å². The van der Waals surface area contributed by atoms with E-state index < -0.39 is 0 Å². The molecule has 0 saturated heterocycles.